The maximum Gasteiger partial charge on any atom is 0.239 e. The summed E-state index contributed by atoms with van der Waals surface area (Å²) in [5.41, 5.74) is 1.96. The Kier molecular flexibility index (Phi) is 5.73. The highest BCUT2D eigenvalue weighted by molar-refractivity contribution is 8.00. The third kappa shape index (κ3) is 3.96. The summed E-state index contributed by atoms with van der Waals surface area (Å²) in [6, 6.07) is 9.94. The van der Waals surface area contributed by atoms with Gasteiger partial charge in [-0.1, -0.05) is 42.1 Å². The molecule has 1 atom stereocenters. The quantitative estimate of drug-likeness (QED) is 0.643. The number of hydrogen-bond acceptors (Lipinski definition) is 6. The number of anilines is 1. The predicted molar refractivity (Wildman–Crippen MR) is 107 cm³/mol. The molecule has 0 radical (unpaired) electrons. The van der Waals surface area contributed by atoms with E-state index >= 15 is 0 Å². The van der Waals surface area contributed by atoms with Crippen LogP contribution in [0.5, 0.6) is 0 Å². The molecule has 0 aliphatic heterocycles. The van der Waals surface area contributed by atoms with Crippen molar-refractivity contribution in [3.05, 3.63) is 40.9 Å². The van der Waals surface area contributed by atoms with Gasteiger partial charge in [0.05, 0.1) is 10.9 Å². The molecule has 0 saturated heterocycles. The Morgan fingerprint density at radius 2 is 2.00 bits per heavy atom. The lowest BCUT2D eigenvalue weighted by Crippen LogP contribution is -2.22. The number of nitrogens with zero attached hydrogens (tertiary/aromatic N) is 4. The molecular weight excluding hydrogens is 366 g/mol. The fourth-order valence-corrected chi connectivity index (χ4v) is 4.14. The first-order valence-electron chi connectivity index (χ1n) is 8.39. The zero-order chi connectivity index (χ0) is 18.7. The summed E-state index contributed by atoms with van der Waals surface area (Å²) in [7, 11) is 0. The summed E-state index contributed by atoms with van der Waals surface area (Å²) in [5.74, 6) is 0.727. The van der Waals surface area contributed by atoms with E-state index in [-0.39, 0.29) is 11.2 Å². The number of aromatic nitrogens is 4. The Morgan fingerprint density at radius 1 is 1.27 bits per heavy atom. The van der Waals surface area contributed by atoms with Crippen LogP contribution < -0.4 is 5.32 Å². The molecule has 0 aliphatic carbocycles. The second kappa shape index (κ2) is 8.01. The monoisotopic (exact) mass is 387 g/mol. The molecule has 0 spiro atoms. The van der Waals surface area contributed by atoms with Crippen LogP contribution in [0, 0.1) is 13.8 Å². The third-order valence-electron chi connectivity index (χ3n) is 3.98. The second-order valence-electron chi connectivity index (χ2n) is 5.83. The molecule has 2 heterocycles. The summed E-state index contributed by atoms with van der Waals surface area (Å²) in [6.45, 7) is 8.58. The van der Waals surface area contributed by atoms with Gasteiger partial charge in [-0.25, -0.2) is 4.98 Å². The Bertz CT molecular complexity index is 884. The minimum atomic E-state index is -0.308. The van der Waals surface area contributed by atoms with E-state index in [1.807, 2.05) is 62.6 Å². The standard InChI is InChI=1S/C18H21N5OS2/c1-5-23-15(14-9-7-6-8-10-14)21-22-18(23)26-13(4)16(24)20-17-19-11(2)12(3)25-17/h6-10,13H,5H2,1-4H3,(H,19,20,24)/t13-/m0/s1. The van der Waals surface area contributed by atoms with E-state index in [9.17, 15) is 4.79 Å². The Hall–Kier alpha value is -2.19. The summed E-state index contributed by atoms with van der Waals surface area (Å²) in [6.07, 6.45) is 0. The van der Waals surface area contributed by atoms with Gasteiger partial charge in [0.2, 0.25) is 5.91 Å². The molecule has 0 bridgehead atoms. The molecule has 1 N–H and O–H groups in total. The van der Waals surface area contributed by atoms with Crippen molar-refractivity contribution in [3.8, 4) is 11.4 Å². The number of rotatable bonds is 6. The van der Waals surface area contributed by atoms with Crippen LogP contribution in [-0.4, -0.2) is 30.9 Å². The number of carbonyl (C=O) groups excluding carboxylic acids is 1. The molecule has 136 valence electrons. The molecule has 0 unspecified atom stereocenters. The van der Waals surface area contributed by atoms with E-state index in [2.05, 4.69) is 20.5 Å². The molecule has 26 heavy (non-hydrogen) atoms. The molecule has 3 rings (SSSR count). The molecule has 1 aromatic carbocycles. The minimum absolute atomic E-state index is 0.0873. The van der Waals surface area contributed by atoms with Gasteiger partial charge < -0.3 is 9.88 Å². The Morgan fingerprint density at radius 3 is 2.62 bits per heavy atom. The minimum Gasteiger partial charge on any atom is -0.302 e. The van der Waals surface area contributed by atoms with Crippen LogP contribution in [0.15, 0.2) is 35.5 Å². The van der Waals surface area contributed by atoms with Crippen LogP contribution in [0.25, 0.3) is 11.4 Å². The lowest BCUT2D eigenvalue weighted by Gasteiger charge is -2.11. The number of amides is 1. The number of thiazole rings is 1. The van der Waals surface area contributed by atoms with Crippen LogP contribution in [0.3, 0.4) is 0 Å². The summed E-state index contributed by atoms with van der Waals surface area (Å²) >= 11 is 2.89. The fraction of sp³-hybridized carbons (Fsp3) is 0.333. The van der Waals surface area contributed by atoms with Crippen molar-refractivity contribution in [1.29, 1.82) is 0 Å². The number of nitrogens with one attached hydrogen (secondary N) is 1. The molecule has 6 nitrogen and oxygen atoms in total. The molecule has 1 amide bonds. The average molecular weight is 388 g/mol. The van der Waals surface area contributed by atoms with Crippen molar-refractivity contribution < 1.29 is 4.79 Å². The highest BCUT2D eigenvalue weighted by Gasteiger charge is 2.21. The van der Waals surface area contributed by atoms with E-state index in [1.54, 1.807) is 0 Å². The molecule has 3 aromatic rings. The molecule has 8 heteroatoms. The zero-order valence-corrected chi connectivity index (χ0v) is 16.8. The van der Waals surface area contributed by atoms with Gasteiger partial charge in [0, 0.05) is 17.0 Å². The van der Waals surface area contributed by atoms with Crippen molar-refractivity contribution in [2.45, 2.75) is 44.6 Å². The van der Waals surface area contributed by atoms with E-state index < -0.39 is 0 Å². The summed E-state index contributed by atoms with van der Waals surface area (Å²) in [5, 5.41) is 12.6. The van der Waals surface area contributed by atoms with Crippen molar-refractivity contribution in [1.82, 2.24) is 19.7 Å². The Labute approximate surface area is 161 Å². The van der Waals surface area contributed by atoms with Crippen LogP contribution in [0.4, 0.5) is 5.13 Å². The summed E-state index contributed by atoms with van der Waals surface area (Å²) in [4.78, 5) is 18.0. The SMILES string of the molecule is CCn1c(S[C@@H](C)C(=O)Nc2nc(C)c(C)s2)nnc1-c1ccccc1. The van der Waals surface area contributed by atoms with Crippen molar-refractivity contribution in [2.75, 3.05) is 5.32 Å². The molecular formula is C18H21N5OS2. The molecule has 0 fully saturated rings. The van der Waals surface area contributed by atoms with Gasteiger partial charge in [0.1, 0.15) is 0 Å². The van der Waals surface area contributed by atoms with Gasteiger partial charge >= 0.3 is 0 Å². The number of thioether (sulfide) groups is 1. The van der Waals surface area contributed by atoms with Crippen molar-refractivity contribution >= 4 is 34.1 Å². The van der Waals surface area contributed by atoms with E-state index in [0.717, 1.165) is 33.7 Å². The maximum absolute atomic E-state index is 12.5. The van der Waals surface area contributed by atoms with Crippen LogP contribution in [0.2, 0.25) is 0 Å². The highest BCUT2D eigenvalue weighted by Crippen LogP contribution is 2.28. The molecule has 0 saturated carbocycles. The Balaban J connectivity index is 1.73. The second-order valence-corrected chi connectivity index (χ2v) is 8.34. The first-order valence-corrected chi connectivity index (χ1v) is 10.1. The largest absolute Gasteiger partial charge is 0.302 e. The maximum atomic E-state index is 12.5. The van der Waals surface area contributed by atoms with Gasteiger partial charge in [0.25, 0.3) is 0 Å². The predicted octanol–water partition coefficient (Wildman–Crippen LogP) is 4.16. The first kappa shape index (κ1) is 18.6. The van der Waals surface area contributed by atoms with Crippen LogP contribution >= 0.6 is 23.1 Å². The lowest BCUT2D eigenvalue weighted by atomic mass is 10.2. The number of aryl methyl sites for hydroxylation is 2. The average Bonchev–Trinajstić information content (AvgIpc) is 3.18. The third-order valence-corrected chi connectivity index (χ3v) is 6.04. The summed E-state index contributed by atoms with van der Waals surface area (Å²) < 4.78 is 2.03. The number of carbonyl (C=O) groups is 1. The van der Waals surface area contributed by atoms with Crippen LogP contribution in [-0.2, 0) is 11.3 Å². The number of hydrogen-bond donors (Lipinski definition) is 1. The van der Waals surface area contributed by atoms with Crippen molar-refractivity contribution in [3.63, 3.8) is 0 Å². The zero-order valence-electron chi connectivity index (χ0n) is 15.2. The van der Waals surface area contributed by atoms with E-state index in [1.165, 1.54) is 23.1 Å². The normalized spacial score (nSPS) is 12.2. The smallest absolute Gasteiger partial charge is 0.239 e. The van der Waals surface area contributed by atoms with Crippen molar-refractivity contribution in [2.24, 2.45) is 0 Å². The van der Waals surface area contributed by atoms with Gasteiger partial charge in [0.15, 0.2) is 16.1 Å². The van der Waals surface area contributed by atoms with E-state index in [4.69, 9.17) is 0 Å². The lowest BCUT2D eigenvalue weighted by molar-refractivity contribution is -0.115. The van der Waals surface area contributed by atoms with Crippen LogP contribution in [0.1, 0.15) is 24.4 Å². The highest BCUT2D eigenvalue weighted by atomic mass is 32.2. The first-order chi connectivity index (χ1) is 12.5. The van der Waals surface area contributed by atoms with Gasteiger partial charge in [-0.2, -0.15) is 0 Å². The van der Waals surface area contributed by atoms with E-state index in [0.29, 0.717) is 5.13 Å². The topological polar surface area (TPSA) is 72.7 Å². The molecule has 2 aromatic heterocycles. The van der Waals surface area contributed by atoms with Gasteiger partial charge in [-0.3, -0.25) is 4.79 Å². The van der Waals surface area contributed by atoms with Gasteiger partial charge in [-0.15, -0.1) is 21.5 Å². The number of benzene rings is 1. The van der Waals surface area contributed by atoms with Gasteiger partial charge in [-0.05, 0) is 27.7 Å². The molecule has 0 aliphatic rings. The fourth-order valence-electron chi connectivity index (χ4n) is 2.41.